The molecule has 1 aromatic heterocycles. The number of benzene rings is 2. The third kappa shape index (κ3) is 2.99. The predicted octanol–water partition coefficient (Wildman–Crippen LogP) is 4.02. The summed E-state index contributed by atoms with van der Waals surface area (Å²) >= 11 is 6.26. The van der Waals surface area contributed by atoms with Gasteiger partial charge in [0, 0.05) is 30.2 Å². The van der Waals surface area contributed by atoms with Gasteiger partial charge in [-0.05, 0) is 30.7 Å². The molecule has 2 aromatic carbocycles. The van der Waals surface area contributed by atoms with Gasteiger partial charge >= 0.3 is 0 Å². The van der Waals surface area contributed by atoms with Gasteiger partial charge in [0.2, 0.25) is 0 Å². The minimum Gasteiger partial charge on any atom is -0.486 e. The number of rotatable bonds is 4. The van der Waals surface area contributed by atoms with Crippen LogP contribution in [0.2, 0.25) is 5.02 Å². The number of carbonyl (C=O) groups excluding carboxylic acids is 1. The summed E-state index contributed by atoms with van der Waals surface area (Å²) in [6.07, 6.45) is 1.90. The summed E-state index contributed by atoms with van der Waals surface area (Å²) in [7, 11) is 0. The van der Waals surface area contributed by atoms with Crippen molar-refractivity contribution in [3.63, 3.8) is 0 Å². The lowest BCUT2D eigenvalue weighted by Crippen LogP contribution is -2.23. The zero-order valence-corrected chi connectivity index (χ0v) is 15.2. The predicted molar refractivity (Wildman–Crippen MR) is 101 cm³/mol. The SMILES string of the molecule is CCn1cc(C(=O)NCc2cc(Cl)c3c(c2)OCCO3)c2ccccc21. The molecule has 2 heterocycles. The fourth-order valence-electron chi connectivity index (χ4n) is 3.23. The average molecular weight is 371 g/mol. The number of amides is 1. The van der Waals surface area contributed by atoms with Crippen LogP contribution in [0.1, 0.15) is 22.8 Å². The van der Waals surface area contributed by atoms with E-state index < -0.39 is 0 Å². The Balaban J connectivity index is 1.56. The van der Waals surface area contributed by atoms with E-state index in [2.05, 4.69) is 16.8 Å². The molecule has 0 saturated carbocycles. The largest absolute Gasteiger partial charge is 0.486 e. The Labute approximate surface area is 156 Å². The molecular weight excluding hydrogens is 352 g/mol. The van der Waals surface area contributed by atoms with Crippen molar-refractivity contribution in [1.82, 2.24) is 9.88 Å². The minimum atomic E-state index is -0.112. The second-order valence-corrected chi connectivity index (χ2v) is 6.54. The van der Waals surface area contributed by atoms with E-state index in [4.69, 9.17) is 21.1 Å². The molecule has 1 N–H and O–H groups in total. The molecule has 0 unspecified atom stereocenters. The standard InChI is InChI=1S/C20H19ClN2O3/c1-2-23-12-15(14-5-3-4-6-17(14)23)20(24)22-11-13-9-16(21)19-18(10-13)25-7-8-26-19/h3-6,9-10,12H,2,7-8,11H2,1H3,(H,22,24). The van der Waals surface area contributed by atoms with Crippen LogP contribution < -0.4 is 14.8 Å². The lowest BCUT2D eigenvalue weighted by atomic mass is 10.1. The number of aromatic nitrogens is 1. The van der Waals surface area contributed by atoms with E-state index in [0.717, 1.165) is 23.0 Å². The Morgan fingerprint density at radius 3 is 2.88 bits per heavy atom. The van der Waals surface area contributed by atoms with Gasteiger partial charge in [-0.15, -0.1) is 0 Å². The molecule has 0 aliphatic carbocycles. The van der Waals surface area contributed by atoms with Crippen LogP contribution in [-0.4, -0.2) is 23.7 Å². The summed E-state index contributed by atoms with van der Waals surface area (Å²) in [6, 6.07) is 11.6. The molecule has 0 saturated heterocycles. The molecule has 0 fully saturated rings. The Morgan fingerprint density at radius 1 is 1.23 bits per heavy atom. The van der Waals surface area contributed by atoms with Crippen molar-refractivity contribution in [2.75, 3.05) is 13.2 Å². The van der Waals surface area contributed by atoms with Crippen molar-refractivity contribution >= 4 is 28.4 Å². The van der Waals surface area contributed by atoms with E-state index in [-0.39, 0.29) is 5.91 Å². The second-order valence-electron chi connectivity index (χ2n) is 6.13. The fraction of sp³-hybridized carbons (Fsp3) is 0.250. The molecule has 1 amide bonds. The van der Waals surface area contributed by atoms with E-state index in [0.29, 0.717) is 41.8 Å². The lowest BCUT2D eigenvalue weighted by Gasteiger charge is -2.20. The number of fused-ring (bicyclic) bond motifs is 2. The smallest absolute Gasteiger partial charge is 0.253 e. The Morgan fingerprint density at radius 2 is 2.04 bits per heavy atom. The third-order valence-electron chi connectivity index (χ3n) is 4.48. The topological polar surface area (TPSA) is 52.5 Å². The highest BCUT2D eigenvalue weighted by atomic mass is 35.5. The first-order valence-electron chi connectivity index (χ1n) is 8.61. The summed E-state index contributed by atoms with van der Waals surface area (Å²) in [5.41, 5.74) is 2.60. The van der Waals surface area contributed by atoms with Gasteiger partial charge in [-0.25, -0.2) is 0 Å². The van der Waals surface area contributed by atoms with Gasteiger partial charge < -0.3 is 19.4 Å². The molecule has 0 bridgehead atoms. The maximum Gasteiger partial charge on any atom is 0.253 e. The van der Waals surface area contributed by atoms with Crippen molar-refractivity contribution in [2.45, 2.75) is 20.0 Å². The summed E-state index contributed by atoms with van der Waals surface area (Å²) in [5.74, 6) is 1.08. The molecular formula is C20H19ClN2O3. The normalized spacial score (nSPS) is 13.0. The van der Waals surface area contributed by atoms with Gasteiger partial charge in [-0.1, -0.05) is 29.8 Å². The molecule has 4 rings (SSSR count). The number of nitrogens with one attached hydrogen (secondary N) is 1. The van der Waals surface area contributed by atoms with E-state index in [1.807, 2.05) is 36.5 Å². The quantitative estimate of drug-likeness (QED) is 0.754. The van der Waals surface area contributed by atoms with Crippen LogP contribution in [0.4, 0.5) is 0 Å². The number of hydrogen-bond donors (Lipinski definition) is 1. The van der Waals surface area contributed by atoms with Gasteiger partial charge in [0.05, 0.1) is 10.6 Å². The van der Waals surface area contributed by atoms with Crippen LogP contribution in [-0.2, 0) is 13.1 Å². The molecule has 0 radical (unpaired) electrons. The summed E-state index contributed by atoms with van der Waals surface area (Å²) in [5, 5.41) is 4.42. The average Bonchev–Trinajstić information content (AvgIpc) is 3.05. The van der Waals surface area contributed by atoms with Crippen molar-refractivity contribution in [3.8, 4) is 11.5 Å². The highest BCUT2D eigenvalue weighted by molar-refractivity contribution is 6.32. The Kier molecular flexibility index (Phi) is 4.47. The first-order valence-corrected chi connectivity index (χ1v) is 8.99. The summed E-state index contributed by atoms with van der Waals surface area (Å²) < 4.78 is 13.2. The van der Waals surface area contributed by atoms with Crippen molar-refractivity contribution in [3.05, 3.63) is 58.7 Å². The van der Waals surface area contributed by atoms with Gasteiger partial charge in [0.25, 0.3) is 5.91 Å². The number of ether oxygens (including phenoxy) is 2. The third-order valence-corrected chi connectivity index (χ3v) is 4.76. The van der Waals surface area contributed by atoms with E-state index in [9.17, 15) is 4.79 Å². The molecule has 3 aromatic rings. The van der Waals surface area contributed by atoms with Crippen LogP contribution in [0.25, 0.3) is 10.9 Å². The minimum absolute atomic E-state index is 0.112. The second kappa shape index (κ2) is 6.92. The molecule has 1 aliphatic rings. The van der Waals surface area contributed by atoms with Crippen molar-refractivity contribution in [1.29, 1.82) is 0 Å². The maximum absolute atomic E-state index is 12.7. The number of aryl methyl sites for hydroxylation is 1. The van der Waals surface area contributed by atoms with Gasteiger partial charge in [0.15, 0.2) is 11.5 Å². The van der Waals surface area contributed by atoms with Crippen LogP contribution in [0.3, 0.4) is 0 Å². The first-order chi connectivity index (χ1) is 12.7. The van der Waals surface area contributed by atoms with Gasteiger partial charge in [-0.3, -0.25) is 4.79 Å². The van der Waals surface area contributed by atoms with E-state index in [1.165, 1.54) is 0 Å². The van der Waals surface area contributed by atoms with Gasteiger partial charge in [0.1, 0.15) is 13.2 Å². The maximum atomic E-state index is 12.7. The van der Waals surface area contributed by atoms with Crippen LogP contribution in [0.15, 0.2) is 42.6 Å². The molecule has 0 spiro atoms. The summed E-state index contributed by atoms with van der Waals surface area (Å²) in [4.78, 5) is 12.7. The molecule has 0 atom stereocenters. The van der Waals surface area contributed by atoms with E-state index in [1.54, 1.807) is 6.07 Å². The number of halogens is 1. The highest BCUT2D eigenvalue weighted by Crippen LogP contribution is 2.38. The number of hydrogen-bond acceptors (Lipinski definition) is 3. The van der Waals surface area contributed by atoms with Gasteiger partial charge in [-0.2, -0.15) is 0 Å². The highest BCUT2D eigenvalue weighted by Gasteiger charge is 2.18. The zero-order chi connectivity index (χ0) is 18.1. The summed E-state index contributed by atoms with van der Waals surface area (Å²) in [6.45, 7) is 4.22. The first kappa shape index (κ1) is 16.8. The Bertz CT molecular complexity index is 981. The molecule has 6 heteroatoms. The lowest BCUT2D eigenvalue weighted by molar-refractivity contribution is 0.0952. The number of para-hydroxylation sites is 1. The zero-order valence-electron chi connectivity index (χ0n) is 14.4. The van der Waals surface area contributed by atoms with Crippen LogP contribution in [0.5, 0.6) is 11.5 Å². The molecule has 1 aliphatic heterocycles. The fourth-order valence-corrected chi connectivity index (χ4v) is 3.52. The molecule has 134 valence electrons. The number of nitrogens with zero attached hydrogens (tertiary/aromatic N) is 1. The number of carbonyl (C=O) groups is 1. The van der Waals surface area contributed by atoms with Crippen LogP contribution >= 0.6 is 11.6 Å². The van der Waals surface area contributed by atoms with Crippen molar-refractivity contribution < 1.29 is 14.3 Å². The van der Waals surface area contributed by atoms with Crippen LogP contribution in [0, 0.1) is 0 Å². The van der Waals surface area contributed by atoms with E-state index >= 15 is 0 Å². The van der Waals surface area contributed by atoms with Crippen molar-refractivity contribution in [2.24, 2.45) is 0 Å². The molecule has 5 nitrogen and oxygen atoms in total. The molecule has 26 heavy (non-hydrogen) atoms. The monoisotopic (exact) mass is 370 g/mol. The Hall–Kier alpha value is -2.66.